The summed E-state index contributed by atoms with van der Waals surface area (Å²) >= 11 is 3.48. The number of rotatable bonds is 3. The molecule has 0 aromatic heterocycles. The van der Waals surface area contributed by atoms with E-state index in [2.05, 4.69) is 48.8 Å². The van der Waals surface area contributed by atoms with E-state index in [-0.39, 0.29) is 6.04 Å². The van der Waals surface area contributed by atoms with Crippen LogP contribution in [0.4, 0.5) is 0 Å². The number of benzene rings is 2. The first-order valence-electron chi connectivity index (χ1n) is 6.69. The van der Waals surface area contributed by atoms with Crippen LogP contribution < -0.4 is 10.5 Å². The normalized spacial score (nSPS) is 12.3. The summed E-state index contributed by atoms with van der Waals surface area (Å²) in [4.78, 5) is 0. The Kier molecular flexibility index (Phi) is 4.51. The second-order valence-corrected chi connectivity index (χ2v) is 6.19. The van der Waals surface area contributed by atoms with Crippen molar-refractivity contribution in [3.8, 4) is 11.5 Å². The van der Waals surface area contributed by atoms with Crippen LogP contribution in [-0.4, -0.2) is 0 Å². The fourth-order valence-corrected chi connectivity index (χ4v) is 2.57. The van der Waals surface area contributed by atoms with Crippen LogP contribution in [0.2, 0.25) is 0 Å². The summed E-state index contributed by atoms with van der Waals surface area (Å²) in [5.74, 6) is 1.71. The van der Waals surface area contributed by atoms with Crippen LogP contribution in [0.25, 0.3) is 0 Å². The van der Waals surface area contributed by atoms with E-state index < -0.39 is 0 Å². The summed E-state index contributed by atoms with van der Waals surface area (Å²) in [6.07, 6.45) is 0. The Morgan fingerprint density at radius 1 is 1.05 bits per heavy atom. The monoisotopic (exact) mass is 333 g/mol. The second kappa shape index (κ2) is 5.98. The molecule has 0 saturated heterocycles. The van der Waals surface area contributed by atoms with Gasteiger partial charge in [-0.15, -0.1) is 0 Å². The fourth-order valence-electron chi connectivity index (χ4n) is 2.19. The molecule has 106 valence electrons. The molecule has 2 N–H and O–H groups in total. The predicted octanol–water partition coefficient (Wildman–Crippen LogP) is 5.19. The van der Waals surface area contributed by atoms with Crippen LogP contribution in [0, 0.1) is 20.8 Å². The van der Waals surface area contributed by atoms with Gasteiger partial charge in [0.05, 0.1) is 0 Å². The molecule has 0 radical (unpaired) electrons. The minimum absolute atomic E-state index is 0.0753. The summed E-state index contributed by atoms with van der Waals surface area (Å²) in [5, 5.41) is 0. The lowest BCUT2D eigenvalue weighted by molar-refractivity contribution is 0.467. The number of aryl methyl sites for hydroxylation is 2. The molecule has 2 nitrogen and oxygen atoms in total. The van der Waals surface area contributed by atoms with E-state index in [0.29, 0.717) is 0 Å². The van der Waals surface area contributed by atoms with Crippen molar-refractivity contribution in [3.63, 3.8) is 0 Å². The molecule has 2 aromatic carbocycles. The van der Waals surface area contributed by atoms with Gasteiger partial charge in [0, 0.05) is 16.1 Å². The van der Waals surface area contributed by atoms with Crippen molar-refractivity contribution in [2.45, 2.75) is 33.7 Å². The van der Waals surface area contributed by atoms with E-state index >= 15 is 0 Å². The Balaban J connectivity index is 2.45. The minimum Gasteiger partial charge on any atom is -0.457 e. The first-order chi connectivity index (χ1) is 9.38. The van der Waals surface area contributed by atoms with Crippen LogP contribution in [0.15, 0.2) is 34.8 Å². The van der Waals surface area contributed by atoms with Crippen LogP contribution in [0.5, 0.6) is 11.5 Å². The van der Waals surface area contributed by atoms with Gasteiger partial charge in [0.25, 0.3) is 0 Å². The highest BCUT2D eigenvalue weighted by atomic mass is 79.9. The summed E-state index contributed by atoms with van der Waals surface area (Å²) < 4.78 is 7.13. The maximum atomic E-state index is 6.12. The van der Waals surface area contributed by atoms with Crippen LogP contribution in [0.1, 0.15) is 35.2 Å². The topological polar surface area (TPSA) is 35.2 Å². The Bertz CT molecular complexity index is 635. The highest BCUT2D eigenvalue weighted by Gasteiger charge is 2.12. The SMILES string of the molecule is Cc1cc(C)c(C)c(Oc2ccc(Br)cc2C(C)N)c1. The molecule has 2 aromatic rings. The highest BCUT2D eigenvalue weighted by molar-refractivity contribution is 9.10. The molecule has 0 fully saturated rings. The lowest BCUT2D eigenvalue weighted by Gasteiger charge is -2.17. The number of hydrogen-bond donors (Lipinski definition) is 1. The van der Waals surface area contributed by atoms with Crippen molar-refractivity contribution in [3.05, 3.63) is 57.1 Å². The van der Waals surface area contributed by atoms with Crippen molar-refractivity contribution < 1.29 is 4.74 Å². The van der Waals surface area contributed by atoms with Crippen LogP contribution in [0.3, 0.4) is 0 Å². The molecule has 0 aliphatic carbocycles. The van der Waals surface area contributed by atoms with Gasteiger partial charge < -0.3 is 10.5 Å². The summed E-state index contributed by atoms with van der Waals surface area (Å²) in [6, 6.07) is 10.1. The molecular weight excluding hydrogens is 314 g/mol. The average molecular weight is 334 g/mol. The van der Waals surface area contributed by atoms with E-state index in [1.54, 1.807) is 0 Å². The summed E-state index contributed by atoms with van der Waals surface area (Å²) in [7, 11) is 0. The Hall–Kier alpha value is -1.32. The van der Waals surface area contributed by atoms with Crippen molar-refractivity contribution in [1.82, 2.24) is 0 Å². The van der Waals surface area contributed by atoms with E-state index in [4.69, 9.17) is 10.5 Å². The zero-order chi connectivity index (χ0) is 14.9. The standard InChI is InChI=1S/C17H20BrNO/c1-10-7-11(2)12(3)17(8-10)20-16-6-5-14(18)9-15(16)13(4)19/h5-9,13H,19H2,1-4H3. The van der Waals surface area contributed by atoms with E-state index in [0.717, 1.165) is 27.1 Å². The Morgan fingerprint density at radius 2 is 1.75 bits per heavy atom. The quantitative estimate of drug-likeness (QED) is 0.839. The second-order valence-electron chi connectivity index (χ2n) is 5.28. The van der Waals surface area contributed by atoms with Gasteiger partial charge in [-0.25, -0.2) is 0 Å². The zero-order valence-corrected chi connectivity index (χ0v) is 13.9. The highest BCUT2D eigenvalue weighted by Crippen LogP contribution is 2.34. The number of ether oxygens (including phenoxy) is 1. The van der Waals surface area contributed by atoms with Gasteiger partial charge in [-0.3, -0.25) is 0 Å². The lowest BCUT2D eigenvalue weighted by atomic mass is 10.1. The maximum absolute atomic E-state index is 6.12. The third kappa shape index (κ3) is 3.22. The van der Waals surface area contributed by atoms with Crippen molar-refractivity contribution >= 4 is 15.9 Å². The first-order valence-corrected chi connectivity index (χ1v) is 7.48. The number of halogens is 1. The molecule has 0 amide bonds. The molecule has 1 atom stereocenters. The first kappa shape index (κ1) is 15.1. The van der Waals surface area contributed by atoms with Crippen LogP contribution in [-0.2, 0) is 0 Å². The Labute approximate surface area is 129 Å². The minimum atomic E-state index is -0.0753. The van der Waals surface area contributed by atoms with Gasteiger partial charge in [-0.2, -0.15) is 0 Å². The summed E-state index contributed by atoms with van der Waals surface area (Å²) in [6.45, 7) is 8.22. The summed E-state index contributed by atoms with van der Waals surface area (Å²) in [5.41, 5.74) is 10.6. The van der Waals surface area contributed by atoms with E-state index in [1.165, 1.54) is 11.1 Å². The van der Waals surface area contributed by atoms with Crippen LogP contribution >= 0.6 is 15.9 Å². The van der Waals surface area contributed by atoms with E-state index in [1.807, 2.05) is 25.1 Å². The molecule has 0 aliphatic rings. The van der Waals surface area contributed by atoms with E-state index in [9.17, 15) is 0 Å². The average Bonchev–Trinajstić information content (AvgIpc) is 2.37. The molecular formula is C17H20BrNO. The van der Waals surface area contributed by atoms with Crippen molar-refractivity contribution in [2.24, 2.45) is 5.73 Å². The smallest absolute Gasteiger partial charge is 0.132 e. The molecule has 0 saturated carbocycles. The van der Waals surface area contributed by atoms with Gasteiger partial charge in [0.2, 0.25) is 0 Å². The fraction of sp³-hybridized carbons (Fsp3) is 0.294. The third-order valence-corrected chi connectivity index (χ3v) is 3.94. The molecule has 0 heterocycles. The molecule has 1 unspecified atom stereocenters. The molecule has 2 rings (SSSR count). The van der Waals surface area contributed by atoms with Gasteiger partial charge in [0.15, 0.2) is 0 Å². The molecule has 0 bridgehead atoms. The van der Waals surface area contributed by atoms with Gasteiger partial charge in [-0.1, -0.05) is 22.0 Å². The zero-order valence-electron chi connectivity index (χ0n) is 12.3. The molecule has 3 heteroatoms. The molecule has 0 aliphatic heterocycles. The van der Waals surface area contributed by atoms with Gasteiger partial charge >= 0.3 is 0 Å². The van der Waals surface area contributed by atoms with Gasteiger partial charge in [0.1, 0.15) is 11.5 Å². The Morgan fingerprint density at radius 3 is 2.40 bits per heavy atom. The number of hydrogen-bond acceptors (Lipinski definition) is 2. The predicted molar refractivity (Wildman–Crippen MR) is 87.5 cm³/mol. The lowest BCUT2D eigenvalue weighted by Crippen LogP contribution is -2.07. The number of nitrogens with two attached hydrogens (primary N) is 1. The third-order valence-electron chi connectivity index (χ3n) is 3.45. The largest absolute Gasteiger partial charge is 0.457 e. The van der Waals surface area contributed by atoms with Crippen molar-refractivity contribution in [2.75, 3.05) is 0 Å². The molecule has 0 spiro atoms. The van der Waals surface area contributed by atoms with Gasteiger partial charge in [-0.05, 0) is 68.7 Å². The maximum Gasteiger partial charge on any atom is 0.132 e. The van der Waals surface area contributed by atoms with Crippen molar-refractivity contribution in [1.29, 1.82) is 0 Å². The molecule has 20 heavy (non-hydrogen) atoms.